The third-order valence-corrected chi connectivity index (χ3v) is 4.46. The molecular weight excluding hydrogens is 320 g/mol. The third kappa shape index (κ3) is 2.79. The average molecular weight is 338 g/mol. The molecule has 128 valence electrons. The molecule has 2 aromatic heterocycles. The second-order valence-electron chi connectivity index (χ2n) is 6.16. The summed E-state index contributed by atoms with van der Waals surface area (Å²) in [5.74, 6) is 1.79. The molecule has 0 spiro atoms. The van der Waals surface area contributed by atoms with Crippen LogP contribution >= 0.6 is 0 Å². The third-order valence-electron chi connectivity index (χ3n) is 4.46. The summed E-state index contributed by atoms with van der Waals surface area (Å²) < 4.78 is 7.29. The van der Waals surface area contributed by atoms with Crippen LogP contribution in [0.15, 0.2) is 35.0 Å². The van der Waals surface area contributed by atoms with Gasteiger partial charge >= 0.3 is 0 Å². The fraction of sp³-hybridized carbons (Fsp3) is 0.353. The molecule has 1 aliphatic rings. The number of carbonyl (C=O) groups is 1. The molecule has 1 fully saturated rings. The number of hydrogen-bond acceptors (Lipinski definition) is 6. The number of benzene rings is 1. The molecule has 0 radical (unpaired) electrons. The molecule has 3 aromatic rings. The summed E-state index contributed by atoms with van der Waals surface area (Å²) in [4.78, 5) is 14.8. The Balaban J connectivity index is 1.57. The molecule has 1 saturated heterocycles. The second kappa shape index (κ2) is 6.12. The van der Waals surface area contributed by atoms with Crippen molar-refractivity contribution < 1.29 is 9.21 Å². The first-order valence-corrected chi connectivity index (χ1v) is 8.19. The van der Waals surface area contributed by atoms with Gasteiger partial charge in [-0.25, -0.2) is 0 Å². The number of hydrogen-bond donors (Lipinski definition) is 0. The summed E-state index contributed by atoms with van der Waals surface area (Å²) in [6.45, 7) is 2.47. The predicted molar refractivity (Wildman–Crippen MR) is 88.5 cm³/mol. The van der Waals surface area contributed by atoms with E-state index in [1.165, 1.54) is 0 Å². The van der Waals surface area contributed by atoms with Crippen LogP contribution in [-0.4, -0.2) is 42.3 Å². The maximum absolute atomic E-state index is 12.9. The highest BCUT2D eigenvalue weighted by Gasteiger charge is 2.33. The van der Waals surface area contributed by atoms with E-state index in [0.29, 0.717) is 17.3 Å². The van der Waals surface area contributed by atoms with Gasteiger partial charge in [0, 0.05) is 31.6 Å². The fourth-order valence-electron chi connectivity index (χ4n) is 3.21. The van der Waals surface area contributed by atoms with Crippen molar-refractivity contribution >= 4 is 5.91 Å². The number of aromatic nitrogens is 5. The van der Waals surface area contributed by atoms with Crippen molar-refractivity contribution in [2.24, 2.45) is 7.05 Å². The van der Waals surface area contributed by atoms with Crippen LogP contribution < -0.4 is 0 Å². The molecule has 1 atom stereocenters. The highest BCUT2D eigenvalue weighted by Crippen LogP contribution is 2.32. The molecule has 1 unspecified atom stereocenters. The SMILES string of the molecule is Cc1nnc(-c2ccc(C(=O)N3CCCC3c3nncn3C)cc2)o1. The highest BCUT2D eigenvalue weighted by atomic mass is 16.4. The van der Waals surface area contributed by atoms with Crippen molar-refractivity contribution in [3.05, 3.63) is 47.9 Å². The van der Waals surface area contributed by atoms with E-state index in [2.05, 4.69) is 20.4 Å². The Bertz CT molecular complexity index is 898. The lowest BCUT2D eigenvalue weighted by atomic mass is 10.1. The summed E-state index contributed by atoms with van der Waals surface area (Å²) in [6.07, 6.45) is 3.53. The van der Waals surface area contributed by atoms with Crippen LogP contribution in [0.4, 0.5) is 0 Å². The summed E-state index contributed by atoms with van der Waals surface area (Å²) in [7, 11) is 1.90. The number of amides is 1. The van der Waals surface area contributed by atoms with Gasteiger partial charge in [0.2, 0.25) is 11.8 Å². The van der Waals surface area contributed by atoms with Gasteiger partial charge in [0.25, 0.3) is 5.91 Å². The normalized spacial score (nSPS) is 17.2. The van der Waals surface area contributed by atoms with Crippen LogP contribution in [-0.2, 0) is 7.05 Å². The van der Waals surface area contributed by atoms with Gasteiger partial charge in [-0.2, -0.15) is 0 Å². The van der Waals surface area contributed by atoms with Crippen LogP contribution in [0, 0.1) is 6.92 Å². The van der Waals surface area contributed by atoms with Crippen LogP contribution in [0.1, 0.15) is 41.0 Å². The number of rotatable bonds is 3. The number of likely N-dealkylation sites (tertiary alicyclic amines) is 1. The van der Waals surface area contributed by atoms with E-state index in [-0.39, 0.29) is 11.9 Å². The van der Waals surface area contributed by atoms with Crippen molar-refractivity contribution in [1.29, 1.82) is 0 Å². The quantitative estimate of drug-likeness (QED) is 0.727. The molecule has 0 saturated carbocycles. The Labute approximate surface area is 144 Å². The van der Waals surface area contributed by atoms with Crippen molar-refractivity contribution in [2.45, 2.75) is 25.8 Å². The Morgan fingerprint density at radius 2 is 2.00 bits per heavy atom. The molecule has 8 nitrogen and oxygen atoms in total. The van der Waals surface area contributed by atoms with Crippen LogP contribution in [0.3, 0.4) is 0 Å². The first-order valence-electron chi connectivity index (χ1n) is 8.19. The van der Waals surface area contributed by atoms with Crippen molar-refractivity contribution in [3.63, 3.8) is 0 Å². The van der Waals surface area contributed by atoms with Gasteiger partial charge < -0.3 is 13.9 Å². The smallest absolute Gasteiger partial charge is 0.254 e. The van der Waals surface area contributed by atoms with Gasteiger partial charge in [0.05, 0.1) is 6.04 Å². The van der Waals surface area contributed by atoms with Crippen LogP contribution in [0.5, 0.6) is 0 Å². The van der Waals surface area contributed by atoms with Crippen molar-refractivity contribution in [3.8, 4) is 11.5 Å². The standard InChI is InChI=1S/C17H18N6O2/c1-11-19-21-16(25-11)12-5-7-13(8-6-12)17(24)23-9-3-4-14(23)15-20-18-10-22(15)2/h5-8,10,14H,3-4,9H2,1-2H3. The topological polar surface area (TPSA) is 89.9 Å². The molecule has 3 heterocycles. The van der Waals surface area contributed by atoms with Gasteiger partial charge in [0.1, 0.15) is 6.33 Å². The molecule has 1 aliphatic heterocycles. The van der Waals surface area contributed by atoms with Crippen LogP contribution in [0.2, 0.25) is 0 Å². The first-order chi connectivity index (χ1) is 12.1. The lowest BCUT2D eigenvalue weighted by Gasteiger charge is -2.24. The maximum atomic E-state index is 12.9. The Morgan fingerprint density at radius 1 is 1.20 bits per heavy atom. The first kappa shape index (κ1) is 15.5. The molecule has 8 heteroatoms. The Hall–Kier alpha value is -3.03. The van der Waals surface area contributed by atoms with Gasteiger partial charge in [-0.15, -0.1) is 20.4 Å². The monoisotopic (exact) mass is 338 g/mol. The van der Waals surface area contributed by atoms with Gasteiger partial charge in [-0.1, -0.05) is 0 Å². The molecule has 0 bridgehead atoms. The van der Waals surface area contributed by atoms with E-state index < -0.39 is 0 Å². The molecule has 1 amide bonds. The Morgan fingerprint density at radius 3 is 2.64 bits per heavy atom. The van der Waals surface area contributed by atoms with Gasteiger partial charge in [-0.3, -0.25) is 4.79 Å². The summed E-state index contributed by atoms with van der Waals surface area (Å²) in [6, 6.07) is 7.21. The predicted octanol–water partition coefficient (Wildman–Crippen LogP) is 2.15. The van der Waals surface area contributed by atoms with E-state index >= 15 is 0 Å². The number of aryl methyl sites for hydroxylation is 2. The highest BCUT2D eigenvalue weighted by molar-refractivity contribution is 5.95. The summed E-state index contributed by atoms with van der Waals surface area (Å²) >= 11 is 0. The van der Waals surface area contributed by atoms with Crippen molar-refractivity contribution in [2.75, 3.05) is 6.54 Å². The molecule has 25 heavy (non-hydrogen) atoms. The minimum Gasteiger partial charge on any atom is -0.421 e. The zero-order valence-electron chi connectivity index (χ0n) is 14.1. The molecule has 1 aromatic carbocycles. The molecule has 4 rings (SSSR count). The minimum absolute atomic E-state index is 0.00115. The fourth-order valence-corrected chi connectivity index (χ4v) is 3.21. The van der Waals surface area contributed by atoms with E-state index in [1.807, 2.05) is 28.6 Å². The average Bonchev–Trinajstić information content (AvgIpc) is 3.35. The Kier molecular flexibility index (Phi) is 3.79. The molecule has 0 N–H and O–H groups in total. The van der Waals surface area contributed by atoms with Gasteiger partial charge in [0.15, 0.2) is 5.82 Å². The van der Waals surface area contributed by atoms with E-state index in [4.69, 9.17) is 4.42 Å². The summed E-state index contributed by atoms with van der Waals surface area (Å²) in [5.41, 5.74) is 1.43. The van der Waals surface area contributed by atoms with Gasteiger partial charge in [-0.05, 0) is 37.1 Å². The number of nitrogens with zero attached hydrogens (tertiary/aromatic N) is 6. The second-order valence-corrected chi connectivity index (χ2v) is 6.16. The zero-order chi connectivity index (χ0) is 17.4. The minimum atomic E-state index is -0.0294. The lowest BCUT2D eigenvalue weighted by Crippen LogP contribution is -2.31. The van der Waals surface area contributed by atoms with E-state index in [9.17, 15) is 4.79 Å². The lowest BCUT2D eigenvalue weighted by molar-refractivity contribution is 0.0728. The zero-order valence-corrected chi connectivity index (χ0v) is 14.1. The molecular formula is C17H18N6O2. The largest absolute Gasteiger partial charge is 0.421 e. The van der Waals surface area contributed by atoms with Crippen LogP contribution in [0.25, 0.3) is 11.5 Å². The van der Waals surface area contributed by atoms with E-state index in [1.54, 1.807) is 25.4 Å². The van der Waals surface area contributed by atoms with E-state index in [0.717, 1.165) is 30.8 Å². The molecule has 0 aliphatic carbocycles. The summed E-state index contributed by atoms with van der Waals surface area (Å²) in [5, 5.41) is 15.9. The maximum Gasteiger partial charge on any atom is 0.254 e. The number of carbonyl (C=O) groups excluding carboxylic acids is 1. The van der Waals surface area contributed by atoms with Crippen molar-refractivity contribution in [1.82, 2.24) is 29.9 Å².